The van der Waals surface area contributed by atoms with Crippen LogP contribution in [0.4, 0.5) is 0 Å². The molecule has 1 amide bonds. The number of nitrogens with zero attached hydrogens (tertiary/aromatic N) is 2. The molecule has 1 aromatic carbocycles. The molecule has 0 unspecified atom stereocenters. The Morgan fingerprint density at radius 1 is 1.12 bits per heavy atom. The van der Waals surface area contributed by atoms with Gasteiger partial charge in [-0.2, -0.15) is 5.10 Å². The SMILES string of the molecule is Cc1nn(-c2ccc(Cl)cc2)c2sc(C(=O)NCC3([NH+]4CCCCC4)CCCCC3)cc12. The number of carbonyl (C=O) groups is 1. The molecule has 1 saturated heterocycles. The van der Waals surface area contributed by atoms with Crippen molar-refractivity contribution in [3.63, 3.8) is 0 Å². The van der Waals surface area contributed by atoms with Gasteiger partial charge in [-0.3, -0.25) is 4.79 Å². The minimum Gasteiger partial charge on any atom is -0.345 e. The van der Waals surface area contributed by atoms with Crippen LogP contribution < -0.4 is 10.2 Å². The number of aryl methyl sites for hydroxylation is 1. The Hall–Kier alpha value is -1.89. The van der Waals surface area contributed by atoms with Gasteiger partial charge in [0.05, 0.1) is 35.9 Å². The molecule has 0 spiro atoms. The number of aromatic nitrogens is 2. The van der Waals surface area contributed by atoms with Gasteiger partial charge in [0.15, 0.2) is 0 Å². The number of quaternary nitrogens is 1. The summed E-state index contributed by atoms with van der Waals surface area (Å²) in [6, 6.07) is 9.66. The van der Waals surface area contributed by atoms with Crippen LogP contribution in [0, 0.1) is 6.92 Å². The van der Waals surface area contributed by atoms with Gasteiger partial charge >= 0.3 is 0 Å². The summed E-state index contributed by atoms with van der Waals surface area (Å²) in [7, 11) is 0. The van der Waals surface area contributed by atoms with Gasteiger partial charge in [0.25, 0.3) is 5.91 Å². The third kappa shape index (κ3) is 4.20. The quantitative estimate of drug-likeness (QED) is 0.573. The van der Waals surface area contributed by atoms with Gasteiger partial charge in [-0.25, -0.2) is 4.68 Å². The van der Waals surface area contributed by atoms with Crippen molar-refractivity contribution >= 4 is 39.1 Å². The van der Waals surface area contributed by atoms with Crippen LogP contribution in [0.1, 0.15) is 66.7 Å². The molecule has 3 aromatic rings. The number of halogens is 1. The van der Waals surface area contributed by atoms with E-state index in [1.165, 1.54) is 75.8 Å². The molecule has 2 aliphatic rings. The van der Waals surface area contributed by atoms with E-state index in [2.05, 4.69) is 5.32 Å². The molecule has 32 heavy (non-hydrogen) atoms. The zero-order chi connectivity index (χ0) is 22.1. The monoisotopic (exact) mass is 471 g/mol. The summed E-state index contributed by atoms with van der Waals surface area (Å²) < 4.78 is 1.92. The number of rotatable bonds is 5. The molecule has 0 radical (unpaired) electrons. The zero-order valence-corrected chi connectivity index (χ0v) is 20.3. The molecule has 1 saturated carbocycles. The van der Waals surface area contributed by atoms with Crippen LogP contribution >= 0.6 is 22.9 Å². The summed E-state index contributed by atoms with van der Waals surface area (Å²) in [6.07, 6.45) is 10.4. The summed E-state index contributed by atoms with van der Waals surface area (Å²) in [5, 5.41) is 9.78. The second-order valence-corrected chi connectivity index (χ2v) is 11.0. The Bertz CT molecular complexity index is 1090. The summed E-state index contributed by atoms with van der Waals surface area (Å²) in [5.41, 5.74) is 2.11. The molecular weight excluding hydrogens is 440 g/mol. The molecule has 1 aliphatic heterocycles. The number of hydrogen-bond donors (Lipinski definition) is 2. The number of benzene rings is 1. The van der Waals surface area contributed by atoms with Crippen LogP contribution in [-0.4, -0.2) is 40.9 Å². The molecule has 0 atom stereocenters. The second-order valence-electron chi connectivity index (χ2n) is 9.49. The first-order valence-electron chi connectivity index (χ1n) is 11.9. The van der Waals surface area contributed by atoms with E-state index in [1.54, 1.807) is 4.90 Å². The van der Waals surface area contributed by atoms with Crippen LogP contribution in [0.15, 0.2) is 30.3 Å². The maximum absolute atomic E-state index is 13.2. The first-order valence-corrected chi connectivity index (χ1v) is 13.1. The van der Waals surface area contributed by atoms with Crippen molar-refractivity contribution in [2.45, 2.75) is 63.8 Å². The molecule has 5 nitrogen and oxygen atoms in total. The number of hydrogen-bond acceptors (Lipinski definition) is 3. The topological polar surface area (TPSA) is 51.4 Å². The van der Waals surface area contributed by atoms with E-state index < -0.39 is 0 Å². The number of carbonyl (C=O) groups excluding carboxylic acids is 1. The van der Waals surface area contributed by atoms with Gasteiger partial charge in [0.1, 0.15) is 10.4 Å². The van der Waals surface area contributed by atoms with Crippen LogP contribution in [0.25, 0.3) is 15.9 Å². The van der Waals surface area contributed by atoms with Crippen molar-refractivity contribution in [3.8, 4) is 5.69 Å². The molecule has 3 heterocycles. The lowest BCUT2D eigenvalue weighted by atomic mass is 9.79. The van der Waals surface area contributed by atoms with Gasteiger partial charge in [0.2, 0.25) is 0 Å². The highest BCUT2D eigenvalue weighted by Gasteiger charge is 2.42. The normalized spacial score (nSPS) is 19.3. The highest BCUT2D eigenvalue weighted by molar-refractivity contribution is 7.20. The van der Waals surface area contributed by atoms with Crippen LogP contribution in [0.3, 0.4) is 0 Å². The Balaban J connectivity index is 1.36. The fourth-order valence-electron chi connectivity index (χ4n) is 5.65. The van der Waals surface area contributed by atoms with Crippen LogP contribution in [0.2, 0.25) is 5.02 Å². The fraction of sp³-hybridized carbons (Fsp3) is 0.520. The minimum absolute atomic E-state index is 0.0506. The third-order valence-corrected chi connectivity index (χ3v) is 8.81. The maximum Gasteiger partial charge on any atom is 0.261 e. The van der Waals surface area contributed by atoms with E-state index in [0.29, 0.717) is 5.02 Å². The number of piperidine rings is 1. The lowest BCUT2D eigenvalue weighted by molar-refractivity contribution is -0.957. The van der Waals surface area contributed by atoms with Crippen molar-refractivity contribution in [1.29, 1.82) is 0 Å². The van der Waals surface area contributed by atoms with E-state index in [9.17, 15) is 4.79 Å². The summed E-state index contributed by atoms with van der Waals surface area (Å²) in [5.74, 6) is 0.0506. The molecule has 5 rings (SSSR count). The highest BCUT2D eigenvalue weighted by Crippen LogP contribution is 2.31. The molecular formula is C25H32ClN4OS+. The molecule has 2 aromatic heterocycles. The first-order chi connectivity index (χ1) is 15.6. The van der Waals surface area contributed by atoms with Gasteiger partial charge in [0, 0.05) is 23.3 Å². The minimum atomic E-state index is 0.0506. The number of fused-ring (bicyclic) bond motifs is 1. The van der Waals surface area contributed by atoms with E-state index >= 15 is 0 Å². The van der Waals surface area contributed by atoms with E-state index in [-0.39, 0.29) is 11.4 Å². The number of likely N-dealkylation sites (tertiary alicyclic amines) is 1. The Morgan fingerprint density at radius 2 is 1.81 bits per heavy atom. The summed E-state index contributed by atoms with van der Waals surface area (Å²) >= 11 is 7.57. The summed E-state index contributed by atoms with van der Waals surface area (Å²) in [4.78, 5) is 16.7. The Labute approximate surface area is 198 Å². The lowest BCUT2D eigenvalue weighted by Gasteiger charge is -2.45. The molecule has 0 bridgehead atoms. The highest BCUT2D eigenvalue weighted by atomic mass is 35.5. The summed E-state index contributed by atoms with van der Waals surface area (Å²) in [6.45, 7) is 5.31. The largest absolute Gasteiger partial charge is 0.345 e. The smallest absolute Gasteiger partial charge is 0.261 e. The third-order valence-electron chi connectivity index (χ3n) is 7.44. The molecule has 2 fully saturated rings. The van der Waals surface area contributed by atoms with E-state index in [0.717, 1.165) is 33.0 Å². The predicted octanol–water partition coefficient (Wildman–Crippen LogP) is 4.55. The fourth-order valence-corrected chi connectivity index (χ4v) is 6.87. The van der Waals surface area contributed by atoms with Gasteiger partial charge in [-0.05, 0) is 69.4 Å². The van der Waals surface area contributed by atoms with Crippen molar-refractivity contribution in [2.24, 2.45) is 0 Å². The molecule has 170 valence electrons. The van der Waals surface area contributed by atoms with Crippen molar-refractivity contribution in [2.75, 3.05) is 19.6 Å². The number of amides is 1. The standard InChI is InChI=1S/C25H31ClN4OS/c1-18-21-16-22(32-24(21)30(28-18)20-10-8-19(26)9-11-20)23(31)27-17-25(12-4-2-5-13-25)29-14-6-3-7-15-29/h8-11,16H,2-7,12-15,17H2,1H3,(H,27,31)/p+1. The first kappa shape index (κ1) is 21.9. The molecule has 7 heteroatoms. The zero-order valence-electron chi connectivity index (χ0n) is 18.8. The second kappa shape index (κ2) is 9.16. The average molecular weight is 472 g/mol. The molecule has 2 N–H and O–H groups in total. The van der Waals surface area contributed by atoms with Crippen LogP contribution in [-0.2, 0) is 0 Å². The lowest BCUT2D eigenvalue weighted by Crippen LogP contribution is -3.22. The van der Waals surface area contributed by atoms with Crippen LogP contribution in [0.5, 0.6) is 0 Å². The van der Waals surface area contributed by atoms with Crippen molar-refractivity contribution in [1.82, 2.24) is 15.1 Å². The van der Waals surface area contributed by atoms with Gasteiger partial charge in [-0.1, -0.05) is 18.0 Å². The Kier molecular flexibility index (Phi) is 6.28. The number of thiophene rings is 1. The maximum atomic E-state index is 13.2. The van der Waals surface area contributed by atoms with E-state index in [1.807, 2.05) is 41.9 Å². The molecule has 1 aliphatic carbocycles. The number of nitrogens with one attached hydrogen (secondary N) is 2. The Morgan fingerprint density at radius 3 is 2.53 bits per heavy atom. The van der Waals surface area contributed by atoms with E-state index in [4.69, 9.17) is 16.7 Å². The van der Waals surface area contributed by atoms with Gasteiger partial charge in [-0.15, -0.1) is 11.3 Å². The van der Waals surface area contributed by atoms with Gasteiger partial charge < -0.3 is 10.2 Å². The van der Waals surface area contributed by atoms with Crippen molar-refractivity contribution < 1.29 is 9.69 Å². The van der Waals surface area contributed by atoms with Crippen molar-refractivity contribution in [3.05, 3.63) is 45.9 Å². The predicted molar refractivity (Wildman–Crippen MR) is 131 cm³/mol. The average Bonchev–Trinajstić information content (AvgIpc) is 3.40.